The quantitative estimate of drug-likeness (QED) is 0.655. The fourth-order valence-electron chi connectivity index (χ4n) is 3.76. The molecule has 0 aromatic heterocycles. The van der Waals surface area contributed by atoms with E-state index < -0.39 is 0 Å². The predicted molar refractivity (Wildman–Crippen MR) is 115 cm³/mol. The lowest BCUT2D eigenvalue weighted by molar-refractivity contribution is -0.0465. The Hall–Kier alpha value is -2.44. The van der Waals surface area contributed by atoms with Crippen molar-refractivity contribution in [1.29, 1.82) is 0 Å². The molecule has 0 bridgehead atoms. The Morgan fingerprint density at radius 1 is 1.27 bits per heavy atom. The van der Waals surface area contributed by atoms with Crippen LogP contribution >= 0.6 is 0 Å². The molecule has 1 saturated heterocycles. The maximum atomic E-state index is 13.3. The first-order chi connectivity index (χ1) is 14.5. The van der Waals surface area contributed by atoms with Crippen molar-refractivity contribution in [1.82, 2.24) is 9.80 Å². The summed E-state index contributed by atoms with van der Waals surface area (Å²) in [7, 11) is 1.58. The number of hydrogen-bond acceptors (Lipinski definition) is 4. The number of morpholine rings is 1. The first kappa shape index (κ1) is 22.2. The Labute approximate surface area is 178 Å². The van der Waals surface area contributed by atoms with Crippen molar-refractivity contribution in [2.45, 2.75) is 39.0 Å². The molecule has 30 heavy (non-hydrogen) atoms. The third-order valence-electron chi connectivity index (χ3n) is 5.66. The molecular weight excluding hydrogens is 383 g/mol. The van der Waals surface area contributed by atoms with Crippen molar-refractivity contribution in [2.24, 2.45) is 0 Å². The van der Waals surface area contributed by atoms with E-state index in [0.29, 0.717) is 24.5 Å². The average molecular weight is 415 g/mol. The van der Waals surface area contributed by atoms with Crippen molar-refractivity contribution in [2.75, 3.05) is 33.4 Å². The van der Waals surface area contributed by atoms with Crippen molar-refractivity contribution >= 4 is 5.91 Å². The van der Waals surface area contributed by atoms with Crippen LogP contribution in [-0.2, 0) is 11.3 Å². The fourth-order valence-corrected chi connectivity index (χ4v) is 3.76. The number of carbonyl (C=O) groups excluding carboxylic acids is 1. The van der Waals surface area contributed by atoms with Gasteiger partial charge in [-0.3, -0.25) is 9.69 Å². The summed E-state index contributed by atoms with van der Waals surface area (Å²) in [5.74, 6) is 0.317. The molecule has 0 saturated carbocycles. The van der Waals surface area contributed by atoms with Crippen LogP contribution in [0.15, 0.2) is 48.5 Å². The van der Waals surface area contributed by atoms with E-state index in [1.165, 1.54) is 12.1 Å². The molecule has 1 aliphatic rings. The molecule has 0 radical (unpaired) electrons. The molecule has 5 nitrogen and oxygen atoms in total. The molecule has 1 aliphatic heterocycles. The Bertz CT molecular complexity index is 827. The lowest BCUT2D eigenvalue weighted by Crippen LogP contribution is -2.50. The molecule has 0 aliphatic carbocycles. The van der Waals surface area contributed by atoms with Gasteiger partial charge in [-0.1, -0.05) is 31.2 Å². The largest absolute Gasteiger partial charge is 0.496 e. The zero-order valence-corrected chi connectivity index (χ0v) is 18.0. The van der Waals surface area contributed by atoms with Crippen LogP contribution in [0.3, 0.4) is 0 Å². The van der Waals surface area contributed by atoms with Crippen molar-refractivity contribution in [3.05, 3.63) is 65.5 Å². The first-order valence-corrected chi connectivity index (χ1v) is 10.5. The molecule has 6 heteroatoms. The van der Waals surface area contributed by atoms with Crippen molar-refractivity contribution in [3.8, 4) is 5.75 Å². The van der Waals surface area contributed by atoms with Crippen LogP contribution in [-0.4, -0.2) is 61.2 Å². The predicted octanol–water partition coefficient (Wildman–Crippen LogP) is 3.98. The molecular formula is C24H31FN2O3. The third kappa shape index (κ3) is 5.58. The molecule has 1 fully saturated rings. The van der Waals surface area contributed by atoms with Crippen LogP contribution < -0.4 is 4.74 Å². The zero-order chi connectivity index (χ0) is 21.5. The number of nitrogens with zero attached hydrogens (tertiary/aromatic N) is 2. The van der Waals surface area contributed by atoms with Crippen LogP contribution in [0, 0.1) is 5.82 Å². The van der Waals surface area contributed by atoms with Gasteiger partial charge >= 0.3 is 0 Å². The Balaban J connectivity index is 1.69. The summed E-state index contributed by atoms with van der Waals surface area (Å²) in [6.45, 7) is 7.56. The second kappa shape index (κ2) is 10.5. The van der Waals surface area contributed by atoms with E-state index in [1.807, 2.05) is 35.2 Å². The summed E-state index contributed by atoms with van der Waals surface area (Å²) in [4.78, 5) is 17.5. The molecule has 3 rings (SSSR count). The Kier molecular flexibility index (Phi) is 7.82. The van der Waals surface area contributed by atoms with Crippen molar-refractivity contribution < 1.29 is 18.7 Å². The van der Waals surface area contributed by atoms with E-state index in [4.69, 9.17) is 9.47 Å². The second-order valence-corrected chi connectivity index (χ2v) is 7.77. The Morgan fingerprint density at radius 2 is 2.00 bits per heavy atom. The Morgan fingerprint density at radius 3 is 2.70 bits per heavy atom. The highest BCUT2D eigenvalue weighted by Gasteiger charge is 2.29. The summed E-state index contributed by atoms with van der Waals surface area (Å²) >= 11 is 0. The number of carbonyl (C=O) groups is 1. The third-order valence-corrected chi connectivity index (χ3v) is 5.66. The minimum Gasteiger partial charge on any atom is -0.496 e. The van der Waals surface area contributed by atoms with Crippen LogP contribution in [0.1, 0.15) is 36.2 Å². The highest BCUT2D eigenvalue weighted by molar-refractivity contribution is 5.97. The van der Waals surface area contributed by atoms with E-state index in [0.717, 1.165) is 31.6 Å². The normalized spacial score (nSPS) is 18.1. The lowest BCUT2D eigenvalue weighted by atomic mass is 10.1. The number of benzene rings is 2. The van der Waals surface area contributed by atoms with Gasteiger partial charge in [0, 0.05) is 32.2 Å². The molecule has 0 spiro atoms. The number of para-hydroxylation sites is 1. The fraction of sp³-hybridized carbons (Fsp3) is 0.458. The van der Waals surface area contributed by atoms with E-state index in [-0.39, 0.29) is 23.9 Å². The van der Waals surface area contributed by atoms with Gasteiger partial charge in [-0.05, 0) is 43.2 Å². The van der Waals surface area contributed by atoms with Crippen LogP contribution in [0.2, 0.25) is 0 Å². The number of halogens is 1. The lowest BCUT2D eigenvalue weighted by Gasteiger charge is -2.37. The van der Waals surface area contributed by atoms with Gasteiger partial charge in [-0.25, -0.2) is 4.39 Å². The maximum absolute atomic E-state index is 13.3. The van der Waals surface area contributed by atoms with Gasteiger partial charge in [0.15, 0.2) is 0 Å². The number of methoxy groups -OCH3 is 1. The molecule has 2 unspecified atom stereocenters. The number of rotatable bonds is 8. The summed E-state index contributed by atoms with van der Waals surface area (Å²) in [5.41, 5.74) is 1.64. The van der Waals surface area contributed by atoms with Gasteiger partial charge in [0.25, 0.3) is 5.91 Å². The topological polar surface area (TPSA) is 42.0 Å². The smallest absolute Gasteiger partial charge is 0.257 e. The molecule has 2 atom stereocenters. The molecule has 1 amide bonds. The summed E-state index contributed by atoms with van der Waals surface area (Å²) in [6.07, 6.45) is 0.777. The average Bonchev–Trinajstić information content (AvgIpc) is 2.78. The zero-order valence-electron chi connectivity index (χ0n) is 18.0. The van der Waals surface area contributed by atoms with Crippen LogP contribution in [0.5, 0.6) is 5.75 Å². The summed E-state index contributed by atoms with van der Waals surface area (Å²) in [6, 6.07) is 14.0. The number of amides is 1. The van der Waals surface area contributed by atoms with Crippen LogP contribution in [0.25, 0.3) is 0 Å². The standard InChI is InChI=1S/C24H31FN2O3/c1-4-18(2)27(24(28)22-7-5-6-8-23(22)29-3)17-21-16-26(13-14-30-21)15-19-9-11-20(25)12-10-19/h5-12,18,21H,4,13-17H2,1-3H3. The van der Waals surface area contributed by atoms with Gasteiger partial charge in [0.1, 0.15) is 11.6 Å². The van der Waals surface area contributed by atoms with Crippen molar-refractivity contribution in [3.63, 3.8) is 0 Å². The monoisotopic (exact) mass is 414 g/mol. The highest BCUT2D eigenvalue weighted by atomic mass is 19.1. The molecule has 162 valence electrons. The van der Waals surface area contributed by atoms with E-state index in [2.05, 4.69) is 18.7 Å². The SMILES string of the molecule is CCC(C)N(CC1CN(Cc2ccc(F)cc2)CCO1)C(=O)c1ccccc1OC. The highest BCUT2D eigenvalue weighted by Crippen LogP contribution is 2.22. The van der Waals surface area contributed by atoms with Gasteiger partial charge in [0.2, 0.25) is 0 Å². The van der Waals surface area contributed by atoms with E-state index >= 15 is 0 Å². The summed E-state index contributed by atoms with van der Waals surface area (Å²) in [5, 5.41) is 0. The summed E-state index contributed by atoms with van der Waals surface area (Å²) < 4.78 is 24.6. The molecule has 2 aromatic rings. The molecule has 1 heterocycles. The molecule has 2 aromatic carbocycles. The van der Waals surface area contributed by atoms with Gasteiger partial charge in [-0.15, -0.1) is 0 Å². The van der Waals surface area contributed by atoms with Crippen LogP contribution in [0.4, 0.5) is 4.39 Å². The minimum atomic E-state index is -0.224. The first-order valence-electron chi connectivity index (χ1n) is 10.5. The second-order valence-electron chi connectivity index (χ2n) is 7.77. The van der Waals surface area contributed by atoms with E-state index in [1.54, 1.807) is 13.2 Å². The van der Waals surface area contributed by atoms with Gasteiger partial charge in [0.05, 0.1) is 25.4 Å². The van der Waals surface area contributed by atoms with E-state index in [9.17, 15) is 9.18 Å². The number of hydrogen-bond donors (Lipinski definition) is 0. The van der Waals surface area contributed by atoms with Gasteiger partial charge < -0.3 is 14.4 Å². The number of ether oxygens (including phenoxy) is 2. The molecule has 0 N–H and O–H groups in total. The maximum Gasteiger partial charge on any atom is 0.257 e. The van der Waals surface area contributed by atoms with Gasteiger partial charge in [-0.2, -0.15) is 0 Å². The minimum absolute atomic E-state index is 0.0407.